The van der Waals surface area contributed by atoms with Crippen molar-refractivity contribution in [3.8, 4) is 5.75 Å². The van der Waals surface area contributed by atoms with Crippen LogP contribution in [0.2, 0.25) is 0 Å². The highest BCUT2D eigenvalue weighted by Crippen LogP contribution is 2.23. The standard InChI is InChI=1S/C37H48N4O5.C22H46O/c1-25(2)34(41-20-12-19-38-37(41)45)36(44)39-30(21-28-15-7-5-8-16-28)23-32(42)31(22-29-17-9-6-10-18-29)40-33(43)24-46-35-26(3)13-11-14-27(35)4;1-2-3-4-5-6-7-8-9-10-11-12-13-14-15-16-17-18-19-20-21-22-23/h5-11,13-18,25,30-32,34,42H,12,19-24H2,1-4H3,(H,38,45)(H,39,44)(H,40,43);23H,2-22H2,1H3/t30-,31-,32-,34-;/m0./s1. The molecule has 1 heterocycles. The maximum atomic E-state index is 13.8. The highest BCUT2D eigenvalue weighted by molar-refractivity contribution is 5.88. The minimum atomic E-state index is -0.992. The fraction of sp³-hybridized carbons (Fsp3) is 0.644. The summed E-state index contributed by atoms with van der Waals surface area (Å²) in [5, 5.41) is 29.4. The van der Waals surface area contributed by atoms with Gasteiger partial charge in [-0.25, -0.2) is 4.79 Å². The van der Waals surface area contributed by atoms with Crippen molar-refractivity contribution in [2.24, 2.45) is 5.92 Å². The molecule has 0 unspecified atom stereocenters. The summed E-state index contributed by atoms with van der Waals surface area (Å²) >= 11 is 0. The molecule has 0 spiro atoms. The number of aliphatic hydroxyl groups is 2. The predicted octanol–water partition coefficient (Wildman–Crippen LogP) is 12.1. The van der Waals surface area contributed by atoms with Crippen molar-refractivity contribution in [3.05, 3.63) is 101 Å². The average molecular weight is 955 g/mol. The Hall–Kier alpha value is -4.41. The lowest BCUT2D eigenvalue weighted by molar-refractivity contribution is -0.128. The van der Waals surface area contributed by atoms with Gasteiger partial charge in [0.05, 0.1) is 12.1 Å². The molecule has 0 bridgehead atoms. The molecule has 4 amide bonds. The van der Waals surface area contributed by atoms with Gasteiger partial charge in [-0.2, -0.15) is 0 Å². The van der Waals surface area contributed by atoms with Crippen LogP contribution in [0.4, 0.5) is 4.79 Å². The molecule has 0 aliphatic carbocycles. The van der Waals surface area contributed by atoms with Crippen LogP contribution in [-0.4, -0.2) is 83.5 Å². The zero-order valence-electron chi connectivity index (χ0n) is 43.7. The Labute approximate surface area is 418 Å². The molecule has 1 aliphatic rings. The minimum Gasteiger partial charge on any atom is -0.483 e. The lowest BCUT2D eigenvalue weighted by Gasteiger charge is -2.37. The van der Waals surface area contributed by atoms with Crippen molar-refractivity contribution in [2.75, 3.05) is 26.3 Å². The molecule has 1 aliphatic heterocycles. The SMILES string of the molecule is CCCCCCCCCCCCCCCCCCCCCCO.Cc1cccc(C)c1OCC(=O)N[C@@H](Cc1ccccc1)[C@@H](O)C[C@H](Cc1ccccc1)NC(=O)[C@H](C(C)C)N1CCCNC1=O. The normalized spacial score (nSPS) is 14.3. The second kappa shape index (κ2) is 36.5. The molecule has 10 heteroatoms. The smallest absolute Gasteiger partial charge is 0.318 e. The number of unbranched alkanes of at least 4 members (excludes halogenated alkanes) is 19. The Balaban J connectivity index is 0.000000463. The van der Waals surface area contributed by atoms with Crippen LogP contribution < -0.4 is 20.7 Å². The predicted molar refractivity (Wildman–Crippen MR) is 285 cm³/mol. The lowest BCUT2D eigenvalue weighted by atomic mass is 9.92. The quantitative estimate of drug-likeness (QED) is 0.0372. The number of carbonyl (C=O) groups excluding carboxylic acids is 3. The number of nitrogens with one attached hydrogen (secondary N) is 3. The van der Waals surface area contributed by atoms with Crippen molar-refractivity contribution in [1.29, 1.82) is 0 Å². The molecule has 3 aromatic carbocycles. The molecule has 0 aromatic heterocycles. The molecule has 3 aromatic rings. The Morgan fingerprint density at radius 1 is 0.667 bits per heavy atom. The van der Waals surface area contributed by atoms with Gasteiger partial charge in [0, 0.05) is 25.7 Å². The zero-order chi connectivity index (χ0) is 49.9. The van der Waals surface area contributed by atoms with Crippen LogP contribution in [0.15, 0.2) is 78.9 Å². The van der Waals surface area contributed by atoms with E-state index in [1.165, 1.54) is 122 Å². The van der Waals surface area contributed by atoms with Crippen LogP contribution in [0.5, 0.6) is 5.75 Å². The first-order valence-corrected chi connectivity index (χ1v) is 27.2. The third-order valence-electron chi connectivity index (χ3n) is 13.4. The average Bonchev–Trinajstić information content (AvgIpc) is 3.33. The van der Waals surface area contributed by atoms with E-state index in [0.29, 0.717) is 38.3 Å². The summed E-state index contributed by atoms with van der Waals surface area (Å²) < 4.78 is 5.90. The van der Waals surface area contributed by atoms with E-state index < -0.39 is 24.2 Å². The number of carbonyl (C=O) groups is 3. The third kappa shape index (κ3) is 25.3. The summed E-state index contributed by atoms with van der Waals surface area (Å²) in [6.07, 6.45) is 29.0. The topological polar surface area (TPSA) is 140 Å². The molecule has 0 radical (unpaired) electrons. The van der Waals surface area contributed by atoms with Crippen molar-refractivity contribution in [1.82, 2.24) is 20.9 Å². The summed E-state index contributed by atoms with van der Waals surface area (Å²) in [5.41, 5.74) is 3.84. The molecule has 1 fully saturated rings. The van der Waals surface area contributed by atoms with Gasteiger partial charge in [-0.15, -0.1) is 0 Å². The summed E-state index contributed by atoms with van der Waals surface area (Å²) in [6, 6.07) is 23.3. The molecule has 386 valence electrons. The van der Waals surface area contributed by atoms with Gasteiger partial charge >= 0.3 is 6.03 Å². The van der Waals surface area contributed by atoms with E-state index in [1.807, 2.05) is 107 Å². The number of para-hydroxylation sites is 1. The van der Waals surface area contributed by atoms with Crippen LogP contribution >= 0.6 is 0 Å². The number of nitrogens with zero attached hydrogens (tertiary/aromatic N) is 1. The fourth-order valence-corrected chi connectivity index (χ4v) is 9.48. The van der Waals surface area contributed by atoms with Crippen LogP contribution in [0.3, 0.4) is 0 Å². The number of ether oxygens (including phenoxy) is 1. The molecule has 10 nitrogen and oxygen atoms in total. The summed E-state index contributed by atoms with van der Waals surface area (Å²) in [4.78, 5) is 41.3. The van der Waals surface area contributed by atoms with E-state index in [9.17, 15) is 19.5 Å². The summed E-state index contributed by atoms with van der Waals surface area (Å²) in [7, 11) is 0. The summed E-state index contributed by atoms with van der Waals surface area (Å²) in [5.74, 6) is -0.0493. The minimum absolute atomic E-state index is 0.117. The Morgan fingerprint density at radius 2 is 1.14 bits per heavy atom. The second-order valence-corrected chi connectivity index (χ2v) is 20.0. The van der Waals surface area contributed by atoms with E-state index in [2.05, 4.69) is 22.9 Å². The number of urea groups is 1. The number of hydrogen-bond acceptors (Lipinski definition) is 6. The van der Waals surface area contributed by atoms with E-state index in [4.69, 9.17) is 9.84 Å². The maximum Gasteiger partial charge on any atom is 0.318 e. The molecular formula is C59H94N4O6. The number of aryl methyl sites for hydroxylation is 2. The molecule has 1 saturated heterocycles. The monoisotopic (exact) mass is 955 g/mol. The number of hydrogen-bond donors (Lipinski definition) is 5. The lowest BCUT2D eigenvalue weighted by Crippen LogP contribution is -2.59. The molecular weight excluding hydrogens is 861 g/mol. The van der Waals surface area contributed by atoms with Gasteiger partial charge in [-0.05, 0) is 74.1 Å². The van der Waals surface area contributed by atoms with Crippen LogP contribution in [0.25, 0.3) is 0 Å². The van der Waals surface area contributed by atoms with Crippen molar-refractivity contribution in [2.45, 2.75) is 213 Å². The van der Waals surface area contributed by atoms with Crippen LogP contribution in [0.1, 0.15) is 184 Å². The van der Waals surface area contributed by atoms with Gasteiger partial charge in [-0.3, -0.25) is 9.59 Å². The number of amides is 4. The maximum absolute atomic E-state index is 13.8. The molecule has 4 atom stereocenters. The fourth-order valence-electron chi connectivity index (χ4n) is 9.48. The Morgan fingerprint density at radius 3 is 1.61 bits per heavy atom. The van der Waals surface area contributed by atoms with E-state index >= 15 is 0 Å². The largest absolute Gasteiger partial charge is 0.483 e. The van der Waals surface area contributed by atoms with Gasteiger partial charge in [0.2, 0.25) is 5.91 Å². The first-order chi connectivity index (χ1) is 33.5. The highest BCUT2D eigenvalue weighted by atomic mass is 16.5. The van der Waals surface area contributed by atoms with Gasteiger partial charge < -0.3 is 35.8 Å². The summed E-state index contributed by atoms with van der Waals surface area (Å²) in [6.45, 7) is 11.3. The molecule has 69 heavy (non-hydrogen) atoms. The van der Waals surface area contributed by atoms with Gasteiger partial charge in [-0.1, -0.05) is 222 Å². The van der Waals surface area contributed by atoms with Crippen LogP contribution in [0, 0.1) is 19.8 Å². The Kier molecular flexibility index (Phi) is 31.2. The van der Waals surface area contributed by atoms with Crippen LogP contribution in [-0.2, 0) is 22.4 Å². The number of rotatable bonds is 35. The van der Waals surface area contributed by atoms with Gasteiger partial charge in [0.15, 0.2) is 6.61 Å². The van der Waals surface area contributed by atoms with Gasteiger partial charge in [0.25, 0.3) is 5.91 Å². The first-order valence-electron chi connectivity index (χ1n) is 27.2. The highest BCUT2D eigenvalue weighted by Gasteiger charge is 2.35. The number of benzene rings is 3. The van der Waals surface area contributed by atoms with Crippen molar-refractivity contribution >= 4 is 17.8 Å². The van der Waals surface area contributed by atoms with Gasteiger partial charge in [0.1, 0.15) is 11.8 Å². The van der Waals surface area contributed by atoms with E-state index in [1.54, 1.807) is 4.90 Å². The van der Waals surface area contributed by atoms with Crippen molar-refractivity contribution in [3.63, 3.8) is 0 Å². The van der Waals surface area contributed by atoms with Crippen molar-refractivity contribution < 1.29 is 29.3 Å². The first kappa shape index (κ1) is 58.9. The second-order valence-electron chi connectivity index (χ2n) is 20.0. The molecule has 5 N–H and O–H groups in total. The Bertz CT molecular complexity index is 1750. The zero-order valence-corrected chi connectivity index (χ0v) is 43.7. The number of aliphatic hydroxyl groups excluding tert-OH is 2. The van der Waals surface area contributed by atoms with E-state index in [-0.39, 0.29) is 36.8 Å². The molecule has 0 saturated carbocycles. The molecule has 4 rings (SSSR count). The third-order valence-corrected chi connectivity index (χ3v) is 13.4. The van der Waals surface area contributed by atoms with E-state index in [0.717, 1.165) is 35.1 Å².